The molecule has 0 N–H and O–H groups in total. The number of carbonyl (C=O) groups excluding carboxylic acids is 1. The molecular formula is C17H11ClFNO3S. The third-order valence-corrected chi connectivity index (χ3v) is 6.76. The molecule has 1 aliphatic rings. The summed E-state index contributed by atoms with van der Waals surface area (Å²) in [4.78, 5) is 11.5. The molecule has 2 aromatic carbocycles. The minimum atomic E-state index is -3.96. The van der Waals surface area contributed by atoms with Gasteiger partial charge in [-0.3, -0.25) is 0 Å². The lowest BCUT2D eigenvalue weighted by Gasteiger charge is -2.04. The van der Waals surface area contributed by atoms with Gasteiger partial charge >= 0.3 is 0 Å². The van der Waals surface area contributed by atoms with Crippen molar-refractivity contribution in [2.24, 2.45) is 5.41 Å². The maximum Gasteiger partial charge on any atom is 0.183 e. The van der Waals surface area contributed by atoms with E-state index in [9.17, 15) is 22.9 Å². The Bertz CT molecular complexity index is 953. The normalized spacial score (nSPS) is 25.7. The van der Waals surface area contributed by atoms with Gasteiger partial charge in [0.15, 0.2) is 9.84 Å². The number of nitriles is 1. The Labute approximate surface area is 143 Å². The average molecular weight is 364 g/mol. The molecule has 0 spiro atoms. The number of nitrogens with zero attached hydrogens (tertiary/aromatic N) is 1. The van der Waals surface area contributed by atoms with Crippen molar-refractivity contribution in [1.82, 2.24) is 0 Å². The molecule has 122 valence electrons. The predicted octanol–water partition coefficient (Wildman–Crippen LogP) is 3.13. The minimum absolute atomic E-state index is 0.0303. The summed E-state index contributed by atoms with van der Waals surface area (Å²) in [7, 11) is -3.96. The number of aldehydes is 1. The summed E-state index contributed by atoms with van der Waals surface area (Å²) in [5.74, 6) is -1.46. The van der Waals surface area contributed by atoms with E-state index in [2.05, 4.69) is 0 Å². The van der Waals surface area contributed by atoms with Gasteiger partial charge in [-0.25, -0.2) is 12.8 Å². The van der Waals surface area contributed by atoms with Crippen molar-refractivity contribution in [3.63, 3.8) is 0 Å². The molecule has 0 radical (unpaired) electrons. The highest BCUT2D eigenvalue weighted by atomic mass is 35.5. The number of carbonyl (C=O) groups is 1. The SMILES string of the molecule is N#C[C@]1(C=O)[C@H](c2cccc(F)c2)[C@H]1S(=O)(=O)c1ccc(Cl)cc1. The number of sulfone groups is 1. The Balaban J connectivity index is 2.10. The second kappa shape index (κ2) is 5.69. The van der Waals surface area contributed by atoms with E-state index in [4.69, 9.17) is 11.6 Å². The summed E-state index contributed by atoms with van der Waals surface area (Å²) in [5, 5.41) is 8.54. The first-order valence-corrected chi connectivity index (χ1v) is 8.92. The fraction of sp³-hybridized carbons (Fsp3) is 0.176. The molecule has 3 atom stereocenters. The maximum atomic E-state index is 13.5. The van der Waals surface area contributed by atoms with Gasteiger partial charge in [0, 0.05) is 10.9 Å². The summed E-state index contributed by atoms with van der Waals surface area (Å²) in [5.41, 5.74) is -1.40. The summed E-state index contributed by atoms with van der Waals surface area (Å²) in [6, 6.07) is 12.6. The van der Waals surface area contributed by atoms with E-state index in [-0.39, 0.29) is 4.90 Å². The van der Waals surface area contributed by atoms with Gasteiger partial charge in [0.2, 0.25) is 0 Å². The van der Waals surface area contributed by atoms with Crippen LogP contribution in [0.5, 0.6) is 0 Å². The monoisotopic (exact) mass is 363 g/mol. The van der Waals surface area contributed by atoms with Gasteiger partial charge in [-0.1, -0.05) is 23.7 Å². The second-order valence-corrected chi connectivity index (χ2v) is 8.12. The number of rotatable bonds is 4. The largest absolute Gasteiger partial charge is 0.302 e. The second-order valence-electron chi connectivity index (χ2n) is 5.61. The quantitative estimate of drug-likeness (QED) is 0.782. The van der Waals surface area contributed by atoms with Crippen molar-refractivity contribution < 1.29 is 17.6 Å². The van der Waals surface area contributed by atoms with Gasteiger partial charge in [0.25, 0.3) is 0 Å². The number of benzene rings is 2. The first-order valence-electron chi connectivity index (χ1n) is 6.99. The zero-order valence-electron chi connectivity index (χ0n) is 12.2. The first-order chi connectivity index (χ1) is 11.4. The Morgan fingerprint density at radius 2 is 1.88 bits per heavy atom. The Hall–Kier alpha value is -2.23. The average Bonchev–Trinajstić information content (AvgIpc) is 3.26. The highest BCUT2D eigenvalue weighted by molar-refractivity contribution is 7.92. The highest BCUT2D eigenvalue weighted by Gasteiger charge is 2.72. The molecule has 7 heteroatoms. The van der Waals surface area contributed by atoms with Gasteiger partial charge in [-0.05, 0) is 42.0 Å². The molecule has 0 amide bonds. The molecule has 0 aliphatic heterocycles. The standard InChI is InChI=1S/C17H11ClFNO3S/c18-12-4-6-14(7-5-12)24(22,23)16-15(17(16,9-20)10-21)11-2-1-3-13(19)8-11/h1-8,10,15-16H/t15-,16-,17+/m1/s1. The van der Waals surface area contributed by atoms with Gasteiger partial charge in [0.05, 0.1) is 11.0 Å². The van der Waals surface area contributed by atoms with Crippen LogP contribution in [0.4, 0.5) is 4.39 Å². The summed E-state index contributed by atoms with van der Waals surface area (Å²) >= 11 is 5.76. The van der Waals surface area contributed by atoms with Crippen LogP contribution in [0.15, 0.2) is 53.4 Å². The van der Waals surface area contributed by atoms with E-state index in [0.717, 1.165) is 6.07 Å². The topological polar surface area (TPSA) is 75.0 Å². The van der Waals surface area contributed by atoms with E-state index in [0.29, 0.717) is 16.9 Å². The molecule has 0 saturated heterocycles. The molecule has 1 saturated carbocycles. The predicted molar refractivity (Wildman–Crippen MR) is 85.7 cm³/mol. The lowest BCUT2D eigenvalue weighted by Crippen LogP contribution is -2.16. The fourth-order valence-electron chi connectivity index (χ4n) is 3.03. The Morgan fingerprint density at radius 1 is 1.21 bits per heavy atom. The molecule has 2 aromatic rings. The van der Waals surface area contributed by atoms with Crippen LogP contribution in [0.2, 0.25) is 5.02 Å². The lowest BCUT2D eigenvalue weighted by molar-refractivity contribution is -0.110. The lowest BCUT2D eigenvalue weighted by atomic mass is 10.0. The zero-order valence-corrected chi connectivity index (χ0v) is 13.8. The van der Waals surface area contributed by atoms with Crippen LogP contribution in [-0.4, -0.2) is 20.0 Å². The van der Waals surface area contributed by atoms with E-state index in [1.807, 2.05) is 6.07 Å². The zero-order chi connectivity index (χ0) is 17.5. The third-order valence-electron chi connectivity index (χ3n) is 4.25. The summed E-state index contributed by atoms with van der Waals surface area (Å²) in [6.07, 6.45) is 0.348. The summed E-state index contributed by atoms with van der Waals surface area (Å²) < 4.78 is 39.2. The third kappa shape index (κ3) is 2.41. The van der Waals surface area contributed by atoms with Crippen LogP contribution >= 0.6 is 11.6 Å². The molecular weight excluding hydrogens is 353 g/mol. The fourth-order valence-corrected chi connectivity index (χ4v) is 5.40. The smallest absolute Gasteiger partial charge is 0.183 e. The number of hydrogen-bond acceptors (Lipinski definition) is 4. The molecule has 1 aliphatic carbocycles. The summed E-state index contributed by atoms with van der Waals surface area (Å²) in [6.45, 7) is 0. The van der Waals surface area contributed by atoms with Crippen molar-refractivity contribution in [2.75, 3.05) is 0 Å². The molecule has 0 heterocycles. The van der Waals surface area contributed by atoms with Crippen LogP contribution in [0, 0.1) is 22.6 Å². The van der Waals surface area contributed by atoms with Crippen molar-refractivity contribution >= 4 is 27.7 Å². The van der Waals surface area contributed by atoms with Gasteiger partial charge in [-0.2, -0.15) is 5.26 Å². The minimum Gasteiger partial charge on any atom is -0.302 e. The van der Waals surface area contributed by atoms with Gasteiger partial charge in [0.1, 0.15) is 22.8 Å². The first kappa shape index (κ1) is 16.6. The molecule has 0 aromatic heterocycles. The number of hydrogen-bond donors (Lipinski definition) is 0. The maximum absolute atomic E-state index is 13.5. The van der Waals surface area contributed by atoms with Crippen LogP contribution < -0.4 is 0 Å². The van der Waals surface area contributed by atoms with E-state index in [1.165, 1.54) is 42.5 Å². The molecule has 24 heavy (non-hydrogen) atoms. The van der Waals surface area contributed by atoms with Crippen LogP contribution in [-0.2, 0) is 14.6 Å². The molecule has 3 rings (SSSR count). The van der Waals surface area contributed by atoms with E-state index < -0.39 is 32.2 Å². The molecule has 0 unspecified atom stereocenters. The number of halogens is 2. The molecule has 0 bridgehead atoms. The van der Waals surface area contributed by atoms with Crippen molar-refractivity contribution in [3.8, 4) is 6.07 Å². The van der Waals surface area contributed by atoms with Crippen molar-refractivity contribution in [2.45, 2.75) is 16.1 Å². The van der Waals surface area contributed by atoms with Crippen LogP contribution in [0.3, 0.4) is 0 Å². The van der Waals surface area contributed by atoms with E-state index in [1.54, 1.807) is 0 Å². The highest BCUT2D eigenvalue weighted by Crippen LogP contribution is 2.62. The van der Waals surface area contributed by atoms with Gasteiger partial charge in [-0.15, -0.1) is 0 Å². The molecule has 4 nitrogen and oxygen atoms in total. The van der Waals surface area contributed by atoms with Crippen molar-refractivity contribution in [3.05, 3.63) is 64.9 Å². The van der Waals surface area contributed by atoms with E-state index >= 15 is 0 Å². The van der Waals surface area contributed by atoms with Crippen molar-refractivity contribution in [1.29, 1.82) is 5.26 Å². The van der Waals surface area contributed by atoms with Crippen LogP contribution in [0.25, 0.3) is 0 Å². The van der Waals surface area contributed by atoms with Gasteiger partial charge < -0.3 is 4.79 Å². The van der Waals surface area contributed by atoms with Crippen LogP contribution in [0.1, 0.15) is 11.5 Å². The Kier molecular flexibility index (Phi) is 3.94. The molecule has 1 fully saturated rings. The Morgan fingerprint density at radius 3 is 2.42 bits per heavy atom.